The standard InChI is InChI=1S/C25H21N7S/c1-32(2)13-15-8-17(11-26-10-15)18-9-20-23(30-31-24(20)27-12-18)25-28-21-5-3-4-19(22(21)29-25)16-6-7-33-14-16/h3-12,14H,13H2,1-2H3,(H,28,29)(H,27,30,31). The molecule has 162 valence electrons. The number of aromatic nitrogens is 6. The van der Waals surface area contributed by atoms with E-state index in [1.54, 1.807) is 11.3 Å². The van der Waals surface area contributed by atoms with Crippen LogP contribution in [-0.4, -0.2) is 49.1 Å². The number of imidazole rings is 1. The zero-order valence-corrected chi connectivity index (χ0v) is 19.0. The number of rotatable bonds is 5. The highest BCUT2D eigenvalue weighted by Gasteiger charge is 2.16. The summed E-state index contributed by atoms with van der Waals surface area (Å²) in [4.78, 5) is 19.5. The van der Waals surface area contributed by atoms with Crippen molar-refractivity contribution in [3.8, 4) is 33.8 Å². The SMILES string of the molecule is CN(C)Cc1cncc(-c2cnc3[nH]nc(-c4nc5c(-c6ccsc6)cccc5[nH]4)c3c2)c1. The number of nitrogens with one attached hydrogen (secondary N) is 2. The van der Waals surface area contributed by atoms with Gasteiger partial charge in [-0.25, -0.2) is 9.97 Å². The number of hydrogen-bond acceptors (Lipinski definition) is 6. The van der Waals surface area contributed by atoms with Crippen LogP contribution in [0.2, 0.25) is 0 Å². The second-order valence-corrected chi connectivity index (χ2v) is 9.09. The average molecular weight is 452 g/mol. The van der Waals surface area contributed by atoms with Crippen molar-refractivity contribution >= 4 is 33.4 Å². The van der Waals surface area contributed by atoms with E-state index in [0.29, 0.717) is 0 Å². The lowest BCUT2D eigenvalue weighted by Gasteiger charge is -2.10. The van der Waals surface area contributed by atoms with Crippen molar-refractivity contribution in [3.05, 3.63) is 71.3 Å². The van der Waals surface area contributed by atoms with E-state index >= 15 is 0 Å². The van der Waals surface area contributed by atoms with Crippen LogP contribution in [0.5, 0.6) is 0 Å². The lowest BCUT2D eigenvalue weighted by molar-refractivity contribution is 0.402. The maximum atomic E-state index is 4.93. The minimum absolute atomic E-state index is 0.720. The van der Waals surface area contributed by atoms with Crippen molar-refractivity contribution in [2.75, 3.05) is 14.1 Å². The van der Waals surface area contributed by atoms with Crippen LogP contribution in [0.25, 0.3) is 55.8 Å². The highest BCUT2D eigenvalue weighted by atomic mass is 32.1. The third-order valence-electron chi connectivity index (χ3n) is 5.61. The molecule has 6 rings (SSSR count). The number of pyridine rings is 2. The first kappa shape index (κ1) is 19.8. The van der Waals surface area contributed by atoms with Gasteiger partial charge in [-0.2, -0.15) is 16.4 Å². The number of thiophene rings is 1. The highest BCUT2D eigenvalue weighted by Crippen LogP contribution is 2.33. The Bertz CT molecular complexity index is 1580. The molecule has 0 saturated carbocycles. The molecule has 0 fully saturated rings. The third kappa shape index (κ3) is 3.59. The van der Waals surface area contributed by atoms with E-state index in [-0.39, 0.29) is 0 Å². The molecule has 5 aromatic heterocycles. The number of benzene rings is 1. The number of para-hydroxylation sites is 1. The summed E-state index contributed by atoms with van der Waals surface area (Å²) in [5.74, 6) is 0.720. The summed E-state index contributed by atoms with van der Waals surface area (Å²) >= 11 is 1.68. The summed E-state index contributed by atoms with van der Waals surface area (Å²) in [6.07, 6.45) is 5.63. The van der Waals surface area contributed by atoms with Gasteiger partial charge in [-0.3, -0.25) is 10.1 Å². The molecule has 8 heteroatoms. The molecule has 33 heavy (non-hydrogen) atoms. The van der Waals surface area contributed by atoms with Crippen molar-refractivity contribution < 1.29 is 0 Å². The van der Waals surface area contributed by atoms with Crippen LogP contribution in [0.1, 0.15) is 5.56 Å². The van der Waals surface area contributed by atoms with E-state index < -0.39 is 0 Å². The number of H-pyrrole nitrogens is 2. The van der Waals surface area contributed by atoms with Crippen molar-refractivity contribution in [2.45, 2.75) is 6.54 Å². The first-order valence-electron chi connectivity index (χ1n) is 10.6. The van der Waals surface area contributed by atoms with Gasteiger partial charge in [0.1, 0.15) is 5.69 Å². The van der Waals surface area contributed by atoms with Gasteiger partial charge in [0.05, 0.1) is 16.4 Å². The van der Waals surface area contributed by atoms with Gasteiger partial charge in [0, 0.05) is 41.8 Å². The molecule has 0 unspecified atom stereocenters. The second kappa shape index (κ2) is 7.91. The summed E-state index contributed by atoms with van der Waals surface area (Å²) in [5.41, 5.74) is 8.86. The topological polar surface area (TPSA) is 86.4 Å². The quantitative estimate of drug-likeness (QED) is 0.369. The Balaban J connectivity index is 1.45. The predicted molar refractivity (Wildman–Crippen MR) is 133 cm³/mol. The first-order valence-corrected chi connectivity index (χ1v) is 11.5. The Morgan fingerprint density at radius 1 is 1.00 bits per heavy atom. The van der Waals surface area contributed by atoms with E-state index in [0.717, 1.165) is 62.4 Å². The molecule has 0 amide bonds. The Labute approximate surface area is 194 Å². The summed E-state index contributed by atoms with van der Waals surface area (Å²) in [6, 6.07) is 12.6. The lowest BCUT2D eigenvalue weighted by Crippen LogP contribution is -2.10. The van der Waals surface area contributed by atoms with E-state index in [2.05, 4.69) is 79.2 Å². The van der Waals surface area contributed by atoms with Gasteiger partial charge in [0.2, 0.25) is 0 Å². The fraction of sp³-hybridized carbons (Fsp3) is 0.120. The molecule has 0 bridgehead atoms. The zero-order chi connectivity index (χ0) is 22.4. The summed E-state index contributed by atoms with van der Waals surface area (Å²) in [7, 11) is 4.10. The van der Waals surface area contributed by atoms with Gasteiger partial charge in [-0.1, -0.05) is 12.1 Å². The molecular weight excluding hydrogens is 430 g/mol. The van der Waals surface area contributed by atoms with Crippen LogP contribution in [0.3, 0.4) is 0 Å². The van der Waals surface area contributed by atoms with Gasteiger partial charge in [0.25, 0.3) is 0 Å². The van der Waals surface area contributed by atoms with Gasteiger partial charge < -0.3 is 9.88 Å². The number of nitrogens with zero attached hydrogens (tertiary/aromatic N) is 5. The first-order chi connectivity index (χ1) is 16.2. The molecule has 2 N–H and O–H groups in total. The Morgan fingerprint density at radius 2 is 1.91 bits per heavy atom. The van der Waals surface area contributed by atoms with Gasteiger partial charge in [-0.05, 0) is 60.2 Å². The number of fused-ring (bicyclic) bond motifs is 2. The van der Waals surface area contributed by atoms with Crippen molar-refractivity contribution in [3.63, 3.8) is 0 Å². The van der Waals surface area contributed by atoms with Crippen LogP contribution >= 0.6 is 11.3 Å². The van der Waals surface area contributed by atoms with Gasteiger partial charge >= 0.3 is 0 Å². The van der Waals surface area contributed by atoms with Crippen LogP contribution in [0.15, 0.2) is 65.7 Å². The van der Waals surface area contributed by atoms with Crippen LogP contribution in [0.4, 0.5) is 0 Å². The van der Waals surface area contributed by atoms with Crippen LogP contribution in [-0.2, 0) is 6.54 Å². The smallest absolute Gasteiger partial charge is 0.159 e. The molecule has 0 aliphatic heterocycles. The Hall–Kier alpha value is -3.88. The van der Waals surface area contributed by atoms with Gasteiger partial charge in [0.15, 0.2) is 11.5 Å². The maximum absolute atomic E-state index is 4.93. The van der Waals surface area contributed by atoms with Crippen LogP contribution in [0, 0.1) is 0 Å². The molecule has 5 heterocycles. The Morgan fingerprint density at radius 3 is 2.76 bits per heavy atom. The van der Waals surface area contributed by atoms with E-state index in [9.17, 15) is 0 Å². The molecule has 7 nitrogen and oxygen atoms in total. The highest BCUT2D eigenvalue weighted by molar-refractivity contribution is 7.08. The second-order valence-electron chi connectivity index (χ2n) is 8.31. The van der Waals surface area contributed by atoms with Crippen LogP contribution < -0.4 is 0 Å². The zero-order valence-electron chi connectivity index (χ0n) is 18.2. The average Bonchev–Trinajstić information content (AvgIpc) is 3.57. The molecule has 0 aliphatic carbocycles. The molecule has 6 aromatic rings. The third-order valence-corrected chi connectivity index (χ3v) is 6.30. The van der Waals surface area contributed by atoms with E-state index in [1.165, 1.54) is 5.56 Å². The maximum Gasteiger partial charge on any atom is 0.159 e. The Kier molecular flexibility index (Phi) is 4.74. The normalized spacial score (nSPS) is 11.7. The minimum Gasteiger partial charge on any atom is -0.337 e. The summed E-state index contributed by atoms with van der Waals surface area (Å²) in [6.45, 7) is 0.832. The molecule has 0 atom stereocenters. The van der Waals surface area contributed by atoms with E-state index in [4.69, 9.17) is 4.98 Å². The molecule has 0 aliphatic rings. The molecular formula is C25H21N7S. The van der Waals surface area contributed by atoms with E-state index in [1.807, 2.05) is 30.7 Å². The summed E-state index contributed by atoms with van der Waals surface area (Å²) < 4.78 is 0. The van der Waals surface area contributed by atoms with Crippen molar-refractivity contribution in [2.24, 2.45) is 0 Å². The largest absolute Gasteiger partial charge is 0.337 e. The minimum atomic E-state index is 0.720. The monoisotopic (exact) mass is 451 g/mol. The molecule has 0 radical (unpaired) electrons. The van der Waals surface area contributed by atoms with Gasteiger partial charge in [-0.15, -0.1) is 0 Å². The fourth-order valence-corrected chi connectivity index (χ4v) is 4.79. The fourth-order valence-electron chi connectivity index (χ4n) is 4.13. The molecule has 0 spiro atoms. The summed E-state index contributed by atoms with van der Waals surface area (Å²) in [5, 5.41) is 12.7. The lowest BCUT2D eigenvalue weighted by atomic mass is 10.1. The van der Waals surface area contributed by atoms with Crippen molar-refractivity contribution in [1.82, 2.24) is 35.0 Å². The number of hydrogen-bond donors (Lipinski definition) is 2. The predicted octanol–water partition coefficient (Wildman–Crippen LogP) is 5.35. The van der Waals surface area contributed by atoms with Crippen molar-refractivity contribution in [1.29, 1.82) is 0 Å². The number of aromatic amines is 2. The molecule has 1 aromatic carbocycles. The molecule has 0 saturated heterocycles.